The predicted octanol–water partition coefficient (Wildman–Crippen LogP) is 5.37. The van der Waals surface area contributed by atoms with Crippen LogP contribution < -0.4 is 5.10 Å². The topological polar surface area (TPSA) is 52.8 Å². The molecule has 26 heavy (non-hydrogen) atoms. The maximum atomic E-state index is 12.6. The molecule has 0 aliphatic rings. The van der Waals surface area contributed by atoms with Crippen LogP contribution in [0.3, 0.4) is 0 Å². The summed E-state index contributed by atoms with van der Waals surface area (Å²) in [5, 5.41) is 6.65. The third-order valence-corrected chi connectivity index (χ3v) is 5.13. The van der Waals surface area contributed by atoms with Gasteiger partial charge in [-0.2, -0.15) is 13.2 Å². The Balaban J connectivity index is 1.68. The third-order valence-electron chi connectivity index (χ3n) is 3.93. The Hall–Kier alpha value is -2.22. The minimum absolute atomic E-state index is 0.0201. The summed E-state index contributed by atoms with van der Waals surface area (Å²) < 4.78 is 37.8. The van der Waals surface area contributed by atoms with E-state index in [1.54, 1.807) is 23.7 Å². The van der Waals surface area contributed by atoms with Crippen LogP contribution in [-0.2, 0) is 12.6 Å². The van der Waals surface area contributed by atoms with Crippen molar-refractivity contribution >= 4 is 11.3 Å². The predicted molar refractivity (Wildman–Crippen MR) is 94.7 cm³/mol. The first-order valence-electron chi connectivity index (χ1n) is 8.46. The van der Waals surface area contributed by atoms with E-state index in [-0.39, 0.29) is 11.5 Å². The minimum atomic E-state index is -4.52. The smallest absolute Gasteiger partial charge is 0.431 e. The van der Waals surface area contributed by atoms with Gasteiger partial charge in [0, 0.05) is 27.7 Å². The van der Waals surface area contributed by atoms with E-state index in [1.165, 1.54) is 30.6 Å². The van der Waals surface area contributed by atoms with E-state index in [0.717, 1.165) is 22.9 Å². The van der Waals surface area contributed by atoms with Crippen molar-refractivity contribution in [3.8, 4) is 22.0 Å². The molecule has 8 heteroatoms. The van der Waals surface area contributed by atoms with E-state index < -0.39 is 11.9 Å². The highest BCUT2D eigenvalue weighted by atomic mass is 32.1. The number of alkyl halides is 3. The molecule has 0 aliphatic carbocycles. The van der Waals surface area contributed by atoms with Gasteiger partial charge in [-0.1, -0.05) is 31.9 Å². The second-order valence-corrected chi connectivity index (χ2v) is 7.15. The number of halogens is 3. The molecular weight excluding hydrogens is 361 g/mol. The SMILES string of the molecule is CCCCCCc1ccc(-c2cnc(-c3cc(C(F)(F)F)n[n-]3)nc2)s1. The number of aryl methyl sites for hydroxylation is 1. The number of rotatable bonds is 7. The lowest BCUT2D eigenvalue weighted by atomic mass is 10.1. The van der Waals surface area contributed by atoms with Crippen molar-refractivity contribution in [3.63, 3.8) is 0 Å². The highest BCUT2D eigenvalue weighted by Gasteiger charge is 2.31. The fraction of sp³-hybridized carbons (Fsp3) is 0.389. The summed E-state index contributed by atoms with van der Waals surface area (Å²) in [7, 11) is 0. The Morgan fingerprint density at radius 3 is 2.50 bits per heavy atom. The summed E-state index contributed by atoms with van der Waals surface area (Å²) in [5.41, 5.74) is -0.174. The quantitative estimate of drug-likeness (QED) is 0.518. The average Bonchev–Trinajstić information content (AvgIpc) is 3.28. The molecule has 0 radical (unpaired) electrons. The molecule has 0 aromatic carbocycles. The van der Waals surface area contributed by atoms with Crippen molar-refractivity contribution in [2.24, 2.45) is 0 Å². The van der Waals surface area contributed by atoms with Crippen LogP contribution in [0, 0.1) is 0 Å². The van der Waals surface area contributed by atoms with Gasteiger partial charge in [0.15, 0.2) is 0 Å². The summed E-state index contributed by atoms with van der Waals surface area (Å²) >= 11 is 1.70. The van der Waals surface area contributed by atoms with Crippen LogP contribution in [0.2, 0.25) is 0 Å². The minimum Gasteiger partial charge on any atom is -0.572 e. The molecule has 4 nitrogen and oxygen atoms in total. The number of unbranched alkanes of at least 4 members (excludes halogenated alkanes) is 3. The molecule has 0 saturated carbocycles. The molecule has 0 bridgehead atoms. The fourth-order valence-corrected chi connectivity index (χ4v) is 3.55. The van der Waals surface area contributed by atoms with E-state index in [1.807, 2.05) is 6.07 Å². The number of hydrogen-bond acceptors (Lipinski definition) is 4. The molecule has 3 heterocycles. The van der Waals surface area contributed by atoms with Crippen LogP contribution >= 0.6 is 11.3 Å². The van der Waals surface area contributed by atoms with Gasteiger partial charge in [0.2, 0.25) is 0 Å². The molecule has 0 spiro atoms. The van der Waals surface area contributed by atoms with Crippen molar-refractivity contribution in [1.82, 2.24) is 20.2 Å². The lowest BCUT2D eigenvalue weighted by Crippen LogP contribution is -2.04. The monoisotopic (exact) mass is 379 g/mol. The van der Waals surface area contributed by atoms with Crippen LogP contribution in [-0.4, -0.2) is 15.1 Å². The van der Waals surface area contributed by atoms with Crippen molar-refractivity contribution in [1.29, 1.82) is 0 Å². The number of thiophene rings is 1. The highest BCUT2D eigenvalue weighted by molar-refractivity contribution is 7.15. The van der Waals surface area contributed by atoms with E-state index in [2.05, 4.69) is 33.2 Å². The van der Waals surface area contributed by atoms with Crippen LogP contribution in [0.5, 0.6) is 0 Å². The Morgan fingerprint density at radius 2 is 1.85 bits per heavy atom. The van der Waals surface area contributed by atoms with Crippen molar-refractivity contribution in [2.75, 3.05) is 0 Å². The van der Waals surface area contributed by atoms with E-state index in [0.29, 0.717) is 0 Å². The molecule has 0 amide bonds. The van der Waals surface area contributed by atoms with Crippen LogP contribution in [0.25, 0.3) is 22.0 Å². The zero-order valence-corrected chi connectivity index (χ0v) is 15.1. The molecular formula is C18H18F3N4S-. The van der Waals surface area contributed by atoms with Gasteiger partial charge in [0.05, 0.1) is 0 Å². The van der Waals surface area contributed by atoms with Crippen molar-refractivity contribution < 1.29 is 13.2 Å². The summed E-state index contributed by atoms with van der Waals surface area (Å²) in [6, 6.07) is 5.00. The highest BCUT2D eigenvalue weighted by Crippen LogP contribution is 2.31. The van der Waals surface area contributed by atoms with Gasteiger partial charge < -0.3 is 10.2 Å². The Morgan fingerprint density at radius 1 is 1.08 bits per heavy atom. The van der Waals surface area contributed by atoms with Gasteiger partial charge in [-0.3, -0.25) is 0 Å². The van der Waals surface area contributed by atoms with Crippen molar-refractivity contribution in [3.05, 3.63) is 41.2 Å². The molecule has 138 valence electrons. The van der Waals surface area contributed by atoms with E-state index in [4.69, 9.17) is 0 Å². The first-order chi connectivity index (χ1) is 12.5. The summed E-state index contributed by atoms with van der Waals surface area (Å²) in [5.74, 6) is 0.132. The first-order valence-corrected chi connectivity index (χ1v) is 9.28. The molecule has 0 saturated heterocycles. The Bertz CT molecular complexity index is 837. The largest absolute Gasteiger partial charge is 0.572 e. The maximum absolute atomic E-state index is 12.6. The molecule has 0 N–H and O–H groups in total. The van der Waals surface area contributed by atoms with Crippen molar-refractivity contribution in [2.45, 2.75) is 45.2 Å². The third kappa shape index (κ3) is 4.49. The van der Waals surface area contributed by atoms with Gasteiger partial charge in [-0.25, -0.2) is 9.97 Å². The lowest BCUT2D eigenvalue weighted by Gasteiger charge is -2.03. The van der Waals surface area contributed by atoms with Crippen LogP contribution in [0.4, 0.5) is 13.2 Å². The van der Waals surface area contributed by atoms with Gasteiger partial charge in [-0.15, -0.1) is 11.3 Å². The number of hydrogen-bond donors (Lipinski definition) is 0. The van der Waals surface area contributed by atoms with Crippen LogP contribution in [0.15, 0.2) is 30.6 Å². The Labute approximate surface area is 153 Å². The molecule has 0 aliphatic heterocycles. The molecule has 3 aromatic rings. The molecule has 0 unspecified atom stereocenters. The molecule has 0 fully saturated rings. The second kappa shape index (κ2) is 7.99. The van der Waals surface area contributed by atoms with Gasteiger partial charge in [0.1, 0.15) is 11.5 Å². The Kier molecular flexibility index (Phi) is 5.70. The lowest BCUT2D eigenvalue weighted by molar-refractivity contribution is -0.141. The number of nitrogens with zero attached hydrogens (tertiary/aromatic N) is 4. The van der Waals surface area contributed by atoms with E-state index in [9.17, 15) is 13.2 Å². The fourth-order valence-electron chi connectivity index (χ4n) is 2.52. The maximum Gasteiger partial charge on any atom is 0.431 e. The van der Waals surface area contributed by atoms with Gasteiger partial charge >= 0.3 is 6.18 Å². The normalized spacial score (nSPS) is 11.8. The average molecular weight is 379 g/mol. The van der Waals surface area contributed by atoms with Crippen LogP contribution in [0.1, 0.15) is 43.2 Å². The molecule has 3 aromatic heterocycles. The zero-order chi connectivity index (χ0) is 18.6. The summed E-state index contributed by atoms with van der Waals surface area (Å²) in [6.07, 6.45) is 4.66. The first kappa shape index (κ1) is 18.6. The molecule has 0 atom stereocenters. The molecule has 3 rings (SSSR count). The number of aromatic nitrogens is 4. The standard InChI is InChI=1S/C18H18F3N4S/c1-2-3-4-5-6-13-7-8-15(26-13)12-10-22-17(23-11-12)14-9-16(25-24-14)18(19,20)21/h7-11H,2-6H2,1H3/q-1. The van der Waals surface area contributed by atoms with Gasteiger partial charge in [-0.05, 0) is 31.0 Å². The second-order valence-electron chi connectivity index (χ2n) is 5.98. The van der Waals surface area contributed by atoms with E-state index >= 15 is 0 Å². The summed E-state index contributed by atoms with van der Waals surface area (Å²) in [6.45, 7) is 2.19. The zero-order valence-electron chi connectivity index (χ0n) is 14.3. The van der Waals surface area contributed by atoms with Gasteiger partial charge in [0.25, 0.3) is 0 Å². The summed E-state index contributed by atoms with van der Waals surface area (Å²) in [4.78, 5) is 10.6.